The van der Waals surface area contributed by atoms with E-state index < -0.39 is 0 Å². The molecule has 3 rings (SSSR count). The molecule has 1 aliphatic heterocycles. The molecule has 25 heavy (non-hydrogen) atoms. The highest BCUT2D eigenvalue weighted by Crippen LogP contribution is 2.27. The summed E-state index contributed by atoms with van der Waals surface area (Å²) in [7, 11) is 4.00. The summed E-state index contributed by atoms with van der Waals surface area (Å²) in [5.41, 5.74) is 1.35. The molecule has 0 bridgehead atoms. The van der Waals surface area contributed by atoms with Crippen LogP contribution in [0.1, 0.15) is 54.6 Å². The lowest BCUT2D eigenvalue weighted by Gasteiger charge is -2.35. The van der Waals surface area contributed by atoms with Crippen molar-refractivity contribution in [2.75, 3.05) is 33.7 Å². The fourth-order valence-corrected chi connectivity index (χ4v) is 5.26. The Morgan fingerprint density at radius 2 is 2.16 bits per heavy atom. The number of likely N-dealkylation sites (N-methyl/N-ethyl adjacent to an activating group) is 1. The quantitative estimate of drug-likeness (QED) is 0.645. The number of guanidine groups is 1. The smallest absolute Gasteiger partial charge is 0.193 e. The van der Waals surface area contributed by atoms with Crippen LogP contribution in [0.25, 0.3) is 0 Å². The van der Waals surface area contributed by atoms with Crippen molar-refractivity contribution in [3.05, 3.63) is 15.6 Å². The minimum absolute atomic E-state index is 0.635. The molecule has 6 heteroatoms. The van der Waals surface area contributed by atoms with Gasteiger partial charge in [-0.25, -0.2) is 4.98 Å². The Morgan fingerprint density at radius 3 is 2.92 bits per heavy atom. The first-order valence-electron chi connectivity index (χ1n) is 9.84. The molecule has 0 saturated carbocycles. The molecule has 5 nitrogen and oxygen atoms in total. The summed E-state index contributed by atoms with van der Waals surface area (Å²) in [6.07, 6.45) is 8.99. The second-order valence-electron chi connectivity index (χ2n) is 7.25. The van der Waals surface area contributed by atoms with E-state index >= 15 is 0 Å². The van der Waals surface area contributed by atoms with E-state index in [2.05, 4.69) is 34.1 Å². The van der Waals surface area contributed by atoms with Crippen LogP contribution in [0.3, 0.4) is 0 Å². The zero-order valence-corrected chi connectivity index (χ0v) is 16.9. The normalized spacial score (nSPS) is 21.9. The third-order valence-corrected chi connectivity index (χ3v) is 6.63. The summed E-state index contributed by atoms with van der Waals surface area (Å²) in [6.45, 7) is 6.48. The van der Waals surface area contributed by atoms with E-state index in [4.69, 9.17) is 4.98 Å². The number of thiazole rings is 1. The number of nitrogens with zero attached hydrogens (tertiary/aromatic N) is 4. The highest BCUT2D eigenvalue weighted by Gasteiger charge is 2.22. The molecule has 1 aromatic rings. The van der Waals surface area contributed by atoms with E-state index in [0.29, 0.717) is 6.04 Å². The highest BCUT2D eigenvalue weighted by atomic mass is 32.1. The number of likely N-dealkylation sites (tertiary alicyclic amines) is 1. The van der Waals surface area contributed by atoms with Crippen LogP contribution in [-0.4, -0.2) is 60.5 Å². The predicted octanol–water partition coefficient (Wildman–Crippen LogP) is 2.90. The SMILES string of the molecule is CCN1CCCCC1CNC(=NC)N(C)Cc1nc2c(s1)CCCC2. The van der Waals surface area contributed by atoms with Crippen molar-refractivity contribution < 1.29 is 0 Å². The minimum Gasteiger partial charge on any atom is -0.355 e. The summed E-state index contributed by atoms with van der Waals surface area (Å²) in [5, 5.41) is 4.82. The molecule has 0 aromatic carbocycles. The van der Waals surface area contributed by atoms with E-state index in [1.165, 1.54) is 60.6 Å². The first kappa shape index (κ1) is 18.6. The van der Waals surface area contributed by atoms with E-state index in [-0.39, 0.29) is 0 Å². The van der Waals surface area contributed by atoms with Crippen molar-refractivity contribution in [1.29, 1.82) is 0 Å². The maximum atomic E-state index is 4.87. The number of aryl methyl sites for hydroxylation is 2. The summed E-state index contributed by atoms with van der Waals surface area (Å²) in [4.78, 5) is 15.7. The topological polar surface area (TPSA) is 43.8 Å². The van der Waals surface area contributed by atoms with Crippen molar-refractivity contribution in [2.24, 2.45) is 4.99 Å². The number of aliphatic imine (C=N–C) groups is 1. The average molecular weight is 364 g/mol. The van der Waals surface area contributed by atoms with Gasteiger partial charge in [-0.15, -0.1) is 11.3 Å². The van der Waals surface area contributed by atoms with Crippen molar-refractivity contribution in [3.63, 3.8) is 0 Å². The Morgan fingerprint density at radius 1 is 1.32 bits per heavy atom. The molecule has 1 aromatic heterocycles. The van der Waals surface area contributed by atoms with Crippen LogP contribution >= 0.6 is 11.3 Å². The number of rotatable bonds is 5. The first-order valence-corrected chi connectivity index (χ1v) is 10.7. The van der Waals surface area contributed by atoms with Crippen molar-refractivity contribution in [2.45, 2.75) is 64.5 Å². The fraction of sp³-hybridized carbons (Fsp3) is 0.789. The molecule has 1 unspecified atom stereocenters. The Hall–Kier alpha value is -1.14. The lowest BCUT2D eigenvalue weighted by molar-refractivity contribution is 0.156. The molecular weight excluding hydrogens is 330 g/mol. The second-order valence-corrected chi connectivity index (χ2v) is 8.42. The highest BCUT2D eigenvalue weighted by molar-refractivity contribution is 7.11. The molecule has 140 valence electrons. The van der Waals surface area contributed by atoms with Crippen LogP contribution < -0.4 is 5.32 Å². The lowest BCUT2D eigenvalue weighted by Crippen LogP contribution is -2.49. The van der Waals surface area contributed by atoms with Gasteiger partial charge in [-0.3, -0.25) is 9.89 Å². The lowest BCUT2D eigenvalue weighted by atomic mass is 10.0. The van der Waals surface area contributed by atoms with Crippen LogP contribution in [0.2, 0.25) is 0 Å². The maximum Gasteiger partial charge on any atom is 0.193 e. The molecule has 1 aliphatic carbocycles. The van der Waals surface area contributed by atoms with Gasteiger partial charge in [0.05, 0.1) is 12.2 Å². The fourth-order valence-electron chi connectivity index (χ4n) is 4.05. The molecule has 2 aliphatic rings. The van der Waals surface area contributed by atoms with Gasteiger partial charge < -0.3 is 10.2 Å². The predicted molar refractivity (Wildman–Crippen MR) is 106 cm³/mol. The Labute approximate surface area is 156 Å². The third-order valence-electron chi connectivity index (χ3n) is 5.49. The Bertz CT molecular complexity index is 559. The molecule has 0 amide bonds. The number of piperidine rings is 1. The number of hydrogen-bond donors (Lipinski definition) is 1. The largest absolute Gasteiger partial charge is 0.355 e. The van der Waals surface area contributed by atoms with Crippen LogP contribution in [0.15, 0.2) is 4.99 Å². The second kappa shape index (κ2) is 8.99. The summed E-state index contributed by atoms with van der Waals surface area (Å²) in [5.74, 6) is 0.981. The van der Waals surface area contributed by atoms with Crippen molar-refractivity contribution in [3.8, 4) is 0 Å². The molecule has 0 radical (unpaired) electrons. The van der Waals surface area contributed by atoms with Crippen LogP contribution in [0, 0.1) is 0 Å². The monoisotopic (exact) mass is 363 g/mol. The number of fused-ring (bicyclic) bond motifs is 1. The van der Waals surface area contributed by atoms with Gasteiger partial charge in [-0.2, -0.15) is 0 Å². The molecule has 1 saturated heterocycles. The maximum absolute atomic E-state index is 4.87. The van der Waals surface area contributed by atoms with Crippen LogP contribution in [0.4, 0.5) is 0 Å². The van der Waals surface area contributed by atoms with Gasteiger partial charge in [-0.1, -0.05) is 13.3 Å². The third kappa shape index (κ3) is 4.73. The first-order chi connectivity index (χ1) is 12.2. The van der Waals surface area contributed by atoms with Gasteiger partial charge in [-0.05, 0) is 51.6 Å². The zero-order chi connectivity index (χ0) is 17.6. The summed E-state index contributed by atoms with van der Waals surface area (Å²) in [6, 6.07) is 0.635. The zero-order valence-electron chi connectivity index (χ0n) is 16.1. The van der Waals surface area contributed by atoms with Crippen molar-refractivity contribution in [1.82, 2.24) is 20.1 Å². The summed E-state index contributed by atoms with van der Waals surface area (Å²) >= 11 is 1.90. The van der Waals surface area contributed by atoms with Crippen LogP contribution in [-0.2, 0) is 19.4 Å². The van der Waals surface area contributed by atoms with Gasteiger partial charge in [0.25, 0.3) is 0 Å². The average Bonchev–Trinajstić information content (AvgIpc) is 3.04. The summed E-state index contributed by atoms with van der Waals surface area (Å²) < 4.78 is 0. The van der Waals surface area contributed by atoms with E-state index in [0.717, 1.165) is 32.0 Å². The van der Waals surface area contributed by atoms with E-state index in [9.17, 15) is 0 Å². The number of aromatic nitrogens is 1. The number of hydrogen-bond acceptors (Lipinski definition) is 4. The Balaban J connectivity index is 1.54. The molecule has 1 N–H and O–H groups in total. The van der Waals surface area contributed by atoms with Gasteiger partial charge in [0.2, 0.25) is 0 Å². The molecule has 1 atom stereocenters. The van der Waals surface area contributed by atoms with Gasteiger partial charge in [0.1, 0.15) is 5.01 Å². The van der Waals surface area contributed by atoms with Gasteiger partial charge >= 0.3 is 0 Å². The molecule has 2 heterocycles. The molecular formula is C19H33N5S. The minimum atomic E-state index is 0.635. The Kier molecular flexibility index (Phi) is 6.70. The van der Waals surface area contributed by atoms with E-state index in [1.807, 2.05) is 18.4 Å². The van der Waals surface area contributed by atoms with Gasteiger partial charge in [0.15, 0.2) is 5.96 Å². The van der Waals surface area contributed by atoms with Crippen LogP contribution in [0.5, 0.6) is 0 Å². The van der Waals surface area contributed by atoms with Crippen molar-refractivity contribution >= 4 is 17.3 Å². The van der Waals surface area contributed by atoms with E-state index in [1.54, 1.807) is 0 Å². The standard InChI is InChI=1S/C19H33N5S/c1-4-24-12-8-7-9-15(24)13-21-19(20-2)23(3)14-18-22-16-10-5-6-11-17(16)25-18/h15H,4-14H2,1-3H3,(H,20,21). The molecule has 0 spiro atoms. The molecule has 1 fully saturated rings. The number of nitrogens with one attached hydrogen (secondary N) is 1. The van der Waals surface area contributed by atoms with Gasteiger partial charge in [0, 0.05) is 31.6 Å².